The molecule has 0 fully saturated rings. The van der Waals surface area contributed by atoms with Crippen molar-refractivity contribution in [3.8, 4) is 0 Å². The van der Waals surface area contributed by atoms with E-state index in [1.54, 1.807) is 12.3 Å². The highest BCUT2D eigenvalue weighted by Crippen LogP contribution is 2.31. The number of aromatic nitrogens is 1. The molecule has 0 aliphatic heterocycles. The first-order valence-corrected chi connectivity index (χ1v) is 6.16. The molecule has 2 heterocycles. The Morgan fingerprint density at radius 2 is 2.12 bits per heavy atom. The fraction of sp³-hybridized carbons (Fsp3) is 0.100. The molecule has 0 saturated carbocycles. The lowest BCUT2D eigenvalue weighted by Crippen LogP contribution is -2.29. The van der Waals surface area contributed by atoms with Crippen molar-refractivity contribution in [3.05, 3.63) is 50.4 Å². The fourth-order valence-electron chi connectivity index (χ4n) is 1.36. The van der Waals surface area contributed by atoms with Crippen LogP contribution in [0.4, 0.5) is 0 Å². The Morgan fingerprint density at radius 1 is 1.31 bits per heavy atom. The van der Waals surface area contributed by atoms with Crippen molar-refractivity contribution in [2.24, 2.45) is 5.84 Å². The Morgan fingerprint density at radius 3 is 2.62 bits per heavy atom. The lowest BCUT2D eigenvalue weighted by Gasteiger charge is -2.14. The Hall–Kier alpha value is -0.650. The van der Waals surface area contributed by atoms with Crippen molar-refractivity contribution in [2.45, 2.75) is 6.04 Å². The maximum absolute atomic E-state index is 6.06. The van der Waals surface area contributed by atoms with Crippen LogP contribution in [-0.2, 0) is 0 Å². The topological polar surface area (TPSA) is 50.9 Å². The van der Waals surface area contributed by atoms with E-state index in [0.717, 1.165) is 10.6 Å². The number of nitrogens with zero attached hydrogens (tertiary/aromatic N) is 1. The van der Waals surface area contributed by atoms with Gasteiger partial charge in [0.25, 0.3) is 0 Å². The van der Waals surface area contributed by atoms with Crippen LogP contribution in [0.5, 0.6) is 0 Å². The molecule has 0 aliphatic carbocycles. The summed E-state index contributed by atoms with van der Waals surface area (Å²) in [6.07, 6.45) is 1.59. The van der Waals surface area contributed by atoms with E-state index in [1.807, 2.05) is 17.5 Å². The van der Waals surface area contributed by atoms with E-state index in [4.69, 9.17) is 29.0 Å². The average molecular weight is 274 g/mol. The number of nitrogens with one attached hydrogen (secondary N) is 1. The predicted octanol–water partition coefficient (Wildman–Crippen LogP) is 3.00. The van der Waals surface area contributed by atoms with Crippen LogP contribution in [0.2, 0.25) is 10.0 Å². The molecule has 0 aliphatic rings. The van der Waals surface area contributed by atoms with Gasteiger partial charge in [0.1, 0.15) is 0 Å². The van der Waals surface area contributed by atoms with Gasteiger partial charge in [0.15, 0.2) is 0 Å². The van der Waals surface area contributed by atoms with E-state index < -0.39 is 0 Å². The molecule has 3 N–H and O–H groups in total. The maximum atomic E-state index is 6.06. The van der Waals surface area contributed by atoms with Crippen molar-refractivity contribution < 1.29 is 0 Å². The summed E-state index contributed by atoms with van der Waals surface area (Å²) >= 11 is 13.4. The summed E-state index contributed by atoms with van der Waals surface area (Å²) in [7, 11) is 0. The average Bonchev–Trinajstić information content (AvgIpc) is 2.69. The molecule has 0 saturated heterocycles. The van der Waals surface area contributed by atoms with Crippen molar-refractivity contribution in [2.75, 3.05) is 0 Å². The van der Waals surface area contributed by atoms with Gasteiger partial charge in [-0.2, -0.15) is 0 Å². The Labute approximate surface area is 107 Å². The van der Waals surface area contributed by atoms with Crippen molar-refractivity contribution >= 4 is 34.5 Å². The van der Waals surface area contributed by atoms with Gasteiger partial charge in [-0.15, -0.1) is 11.3 Å². The molecule has 0 aromatic carbocycles. The third-order valence-electron chi connectivity index (χ3n) is 2.12. The van der Waals surface area contributed by atoms with E-state index in [9.17, 15) is 0 Å². The van der Waals surface area contributed by atoms with Gasteiger partial charge in [-0.25, -0.2) is 5.43 Å². The van der Waals surface area contributed by atoms with Crippen LogP contribution < -0.4 is 11.3 Å². The smallest absolute Gasteiger partial charge is 0.0988 e. The van der Waals surface area contributed by atoms with E-state index in [0.29, 0.717) is 10.0 Å². The Bertz CT molecular complexity index is 469. The SMILES string of the molecule is NNC(c1ccc(Cl)cn1)c1sccc1Cl. The number of rotatable bonds is 3. The lowest BCUT2D eigenvalue weighted by atomic mass is 10.1. The van der Waals surface area contributed by atoms with Crippen LogP contribution >= 0.6 is 34.5 Å². The number of thiophene rings is 1. The standard InChI is InChI=1S/C10H9Cl2N3S/c11-6-1-2-8(14-5-6)9(15-13)10-7(12)3-4-16-10/h1-5,9,15H,13H2. The van der Waals surface area contributed by atoms with Gasteiger partial charge in [0.2, 0.25) is 0 Å². The summed E-state index contributed by atoms with van der Waals surface area (Å²) in [5.41, 5.74) is 3.49. The predicted molar refractivity (Wildman–Crippen MR) is 67.7 cm³/mol. The van der Waals surface area contributed by atoms with Gasteiger partial charge >= 0.3 is 0 Å². The normalized spacial score (nSPS) is 12.7. The molecule has 0 amide bonds. The van der Waals surface area contributed by atoms with Crippen molar-refractivity contribution in [3.63, 3.8) is 0 Å². The minimum atomic E-state index is -0.204. The van der Waals surface area contributed by atoms with Gasteiger partial charge in [0, 0.05) is 11.1 Å². The highest BCUT2D eigenvalue weighted by Gasteiger charge is 2.17. The Balaban J connectivity index is 2.37. The van der Waals surface area contributed by atoms with Gasteiger partial charge in [-0.05, 0) is 23.6 Å². The molecule has 16 heavy (non-hydrogen) atoms. The van der Waals surface area contributed by atoms with Crippen LogP contribution in [0, 0.1) is 0 Å². The van der Waals surface area contributed by atoms with Gasteiger partial charge in [-0.3, -0.25) is 10.8 Å². The molecule has 0 bridgehead atoms. The first kappa shape index (κ1) is 11.8. The van der Waals surface area contributed by atoms with Crippen LogP contribution in [-0.4, -0.2) is 4.98 Å². The third-order valence-corrected chi connectivity index (χ3v) is 3.77. The summed E-state index contributed by atoms with van der Waals surface area (Å²) in [4.78, 5) is 5.16. The fourth-order valence-corrected chi connectivity index (χ4v) is 2.71. The summed E-state index contributed by atoms with van der Waals surface area (Å²) in [5, 5.41) is 3.19. The zero-order chi connectivity index (χ0) is 11.5. The summed E-state index contributed by atoms with van der Waals surface area (Å²) < 4.78 is 0. The van der Waals surface area contributed by atoms with E-state index in [2.05, 4.69) is 10.4 Å². The van der Waals surface area contributed by atoms with E-state index >= 15 is 0 Å². The molecule has 1 atom stereocenters. The largest absolute Gasteiger partial charge is 0.270 e. The number of hydrogen-bond acceptors (Lipinski definition) is 4. The molecule has 1 unspecified atom stereocenters. The van der Waals surface area contributed by atoms with Crippen LogP contribution in [0.3, 0.4) is 0 Å². The molecule has 6 heteroatoms. The summed E-state index contributed by atoms with van der Waals surface area (Å²) in [6, 6.07) is 5.23. The Kier molecular flexibility index (Phi) is 3.78. The summed E-state index contributed by atoms with van der Waals surface area (Å²) in [5.74, 6) is 5.53. The number of pyridine rings is 1. The maximum Gasteiger partial charge on any atom is 0.0988 e. The molecule has 2 aromatic heterocycles. The molecule has 0 spiro atoms. The molecule has 0 radical (unpaired) electrons. The van der Waals surface area contributed by atoms with Gasteiger partial charge in [0.05, 0.1) is 21.8 Å². The molecular formula is C10H9Cl2N3S. The number of hydrazine groups is 1. The number of hydrogen-bond donors (Lipinski definition) is 2. The minimum Gasteiger partial charge on any atom is -0.270 e. The van der Waals surface area contributed by atoms with Gasteiger partial charge < -0.3 is 0 Å². The van der Waals surface area contributed by atoms with E-state index in [-0.39, 0.29) is 6.04 Å². The highest BCUT2D eigenvalue weighted by molar-refractivity contribution is 7.10. The zero-order valence-electron chi connectivity index (χ0n) is 8.15. The van der Waals surface area contributed by atoms with E-state index in [1.165, 1.54) is 11.3 Å². The van der Waals surface area contributed by atoms with Crippen molar-refractivity contribution in [1.82, 2.24) is 10.4 Å². The quantitative estimate of drug-likeness (QED) is 0.668. The highest BCUT2D eigenvalue weighted by atomic mass is 35.5. The second-order valence-corrected chi connectivity index (χ2v) is 4.93. The molecule has 84 valence electrons. The minimum absolute atomic E-state index is 0.204. The molecule has 2 aromatic rings. The summed E-state index contributed by atoms with van der Waals surface area (Å²) in [6.45, 7) is 0. The number of nitrogens with two attached hydrogens (primary N) is 1. The lowest BCUT2D eigenvalue weighted by molar-refractivity contribution is 0.630. The monoisotopic (exact) mass is 273 g/mol. The number of halogens is 2. The molecule has 3 nitrogen and oxygen atoms in total. The second-order valence-electron chi connectivity index (χ2n) is 3.13. The van der Waals surface area contributed by atoms with Crippen LogP contribution in [0.15, 0.2) is 29.8 Å². The second kappa shape index (κ2) is 5.12. The van der Waals surface area contributed by atoms with Crippen LogP contribution in [0.1, 0.15) is 16.6 Å². The molecule has 2 rings (SSSR count). The van der Waals surface area contributed by atoms with Crippen molar-refractivity contribution in [1.29, 1.82) is 0 Å². The molecular weight excluding hydrogens is 265 g/mol. The third kappa shape index (κ3) is 2.36. The first-order chi connectivity index (χ1) is 7.72. The first-order valence-electron chi connectivity index (χ1n) is 4.53. The van der Waals surface area contributed by atoms with Crippen LogP contribution in [0.25, 0.3) is 0 Å². The zero-order valence-corrected chi connectivity index (χ0v) is 10.5. The van der Waals surface area contributed by atoms with Gasteiger partial charge in [-0.1, -0.05) is 23.2 Å².